The topological polar surface area (TPSA) is 20.2 Å². The van der Waals surface area contributed by atoms with Gasteiger partial charge in [-0.1, -0.05) is 60.1 Å². The molecule has 1 nitrogen and oxygen atoms in total. The zero-order valence-corrected chi connectivity index (χ0v) is 12.5. The lowest BCUT2D eigenvalue weighted by Crippen LogP contribution is -2.04. The van der Waals surface area contributed by atoms with Crippen LogP contribution in [0.3, 0.4) is 0 Å². The van der Waals surface area contributed by atoms with Crippen molar-refractivity contribution < 1.29 is 9.50 Å². The fraction of sp³-hybridized carbons (Fsp3) is 0.250. The van der Waals surface area contributed by atoms with E-state index in [0.29, 0.717) is 16.0 Å². The molecule has 0 aliphatic rings. The summed E-state index contributed by atoms with van der Waals surface area (Å²) in [4.78, 5) is 0. The molecule has 0 fully saturated rings. The van der Waals surface area contributed by atoms with E-state index in [9.17, 15) is 9.50 Å². The second-order valence-corrected chi connectivity index (χ2v) is 5.71. The largest absolute Gasteiger partial charge is 0.384 e. The van der Waals surface area contributed by atoms with Gasteiger partial charge in [0.15, 0.2) is 0 Å². The number of aliphatic hydroxyl groups excluding tert-OH is 1. The van der Waals surface area contributed by atoms with Gasteiger partial charge in [0, 0.05) is 10.0 Å². The Morgan fingerprint density at radius 2 is 1.58 bits per heavy atom. The van der Waals surface area contributed by atoms with Crippen LogP contribution in [0.2, 0.25) is 0 Å². The molecular formula is C16H16BrFO. The minimum Gasteiger partial charge on any atom is -0.384 e. The molecule has 3 heteroatoms. The third-order valence-corrected chi connectivity index (χ3v) is 3.88. The standard InChI is InChI=1S/C16H16BrFO/c1-10(2)11-6-8-12(9-7-11)16(19)15-13(17)4-3-5-14(15)18/h3-10,16,19H,1-2H3. The van der Waals surface area contributed by atoms with E-state index >= 15 is 0 Å². The quantitative estimate of drug-likeness (QED) is 0.861. The molecule has 0 heterocycles. The molecule has 0 bridgehead atoms. The van der Waals surface area contributed by atoms with Crippen molar-refractivity contribution >= 4 is 15.9 Å². The number of hydrogen-bond donors (Lipinski definition) is 1. The average molecular weight is 323 g/mol. The van der Waals surface area contributed by atoms with Crippen LogP contribution in [0.25, 0.3) is 0 Å². The maximum absolute atomic E-state index is 13.8. The summed E-state index contributed by atoms with van der Waals surface area (Å²) in [6, 6.07) is 12.3. The maximum atomic E-state index is 13.8. The van der Waals surface area contributed by atoms with E-state index in [4.69, 9.17) is 0 Å². The second kappa shape index (κ2) is 5.85. The van der Waals surface area contributed by atoms with Crippen molar-refractivity contribution in [3.8, 4) is 0 Å². The lowest BCUT2D eigenvalue weighted by Gasteiger charge is -2.15. The van der Waals surface area contributed by atoms with Gasteiger partial charge in [-0.3, -0.25) is 0 Å². The molecule has 0 amide bonds. The summed E-state index contributed by atoms with van der Waals surface area (Å²) < 4.78 is 14.4. The molecule has 2 aromatic carbocycles. The van der Waals surface area contributed by atoms with Gasteiger partial charge in [0.25, 0.3) is 0 Å². The average Bonchev–Trinajstić information content (AvgIpc) is 2.38. The van der Waals surface area contributed by atoms with E-state index in [1.165, 1.54) is 11.6 Å². The third kappa shape index (κ3) is 3.04. The predicted molar refractivity (Wildman–Crippen MR) is 78.7 cm³/mol. The first kappa shape index (κ1) is 14.2. The first-order chi connectivity index (χ1) is 9.00. The van der Waals surface area contributed by atoms with Gasteiger partial charge in [0.1, 0.15) is 11.9 Å². The highest BCUT2D eigenvalue weighted by Crippen LogP contribution is 2.31. The molecule has 0 aromatic heterocycles. The highest BCUT2D eigenvalue weighted by molar-refractivity contribution is 9.10. The zero-order valence-electron chi connectivity index (χ0n) is 10.9. The van der Waals surface area contributed by atoms with Crippen molar-refractivity contribution in [3.63, 3.8) is 0 Å². The molecule has 2 rings (SSSR count). The van der Waals surface area contributed by atoms with Crippen LogP contribution in [0.15, 0.2) is 46.9 Å². The first-order valence-corrected chi connectivity index (χ1v) is 7.02. The second-order valence-electron chi connectivity index (χ2n) is 4.86. The molecule has 0 aliphatic heterocycles. The monoisotopic (exact) mass is 322 g/mol. The van der Waals surface area contributed by atoms with Crippen molar-refractivity contribution in [3.05, 3.63) is 69.4 Å². The summed E-state index contributed by atoms with van der Waals surface area (Å²) in [6.45, 7) is 4.22. The van der Waals surface area contributed by atoms with Crippen LogP contribution in [0.4, 0.5) is 4.39 Å². The maximum Gasteiger partial charge on any atom is 0.130 e. The minimum absolute atomic E-state index is 0.278. The van der Waals surface area contributed by atoms with Gasteiger partial charge in [-0.15, -0.1) is 0 Å². The lowest BCUT2D eigenvalue weighted by atomic mass is 9.97. The first-order valence-electron chi connectivity index (χ1n) is 6.22. The third-order valence-electron chi connectivity index (χ3n) is 3.19. The molecule has 0 radical (unpaired) electrons. The van der Waals surface area contributed by atoms with Crippen LogP contribution in [0.5, 0.6) is 0 Å². The molecule has 1 N–H and O–H groups in total. The molecule has 19 heavy (non-hydrogen) atoms. The Bertz CT molecular complexity index is 543. The van der Waals surface area contributed by atoms with E-state index in [1.54, 1.807) is 12.1 Å². The summed E-state index contributed by atoms with van der Waals surface area (Å²) in [5, 5.41) is 10.3. The highest BCUT2D eigenvalue weighted by atomic mass is 79.9. The van der Waals surface area contributed by atoms with Crippen LogP contribution in [-0.4, -0.2) is 5.11 Å². The normalized spacial score (nSPS) is 12.7. The van der Waals surface area contributed by atoms with Crippen molar-refractivity contribution in [1.29, 1.82) is 0 Å². The molecule has 1 unspecified atom stereocenters. The van der Waals surface area contributed by atoms with E-state index in [0.717, 1.165) is 0 Å². The van der Waals surface area contributed by atoms with Crippen LogP contribution < -0.4 is 0 Å². The Balaban J connectivity index is 2.36. The summed E-state index contributed by atoms with van der Waals surface area (Å²) in [6.07, 6.45) is -0.961. The summed E-state index contributed by atoms with van der Waals surface area (Å²) in [5.74, 6) is 0.0289. The fourth-order valence-electron chi connectivity index (χ4n) is 2.00. The molecular weight excluding hydrogens is 307 g/mol. The van der Waals surface area contributed by atoms with E-state index in [-0.39, 0.29) is 5.56 Å². The van der Waals surface area contributed by atoms with Crippen LogP contribution in [-0.2, 0) is 0 Å². The summed E-state index contributed by atoms with van der Waals surface area (Å²) >= 11 is 3.28. The van der Waals surface area contributed by atoms with Crippen molar-refractivity contribution in [1.82, 2.24) is 0 Å². The van der Waals surface area contributed by atoms with E-state index in [2.05, 4.69) is 29.8 Å². The molecule has 2 aromatic rings. The van der Waals surface area contributed by atoms with Gasteiger partial charge in [0.05, 0.1) is 0 Å². The van der Waals surface area contributed by atoms with Crippen molar-refractivity contribution in [2.24, 2.45) is 0 Å². The number of hydrogen-bond acceptors (Lipinski definition) is 1. The van der Waals surface area contributed by atoms with Crippen LogP contribution in [0.1, 0.15) is 42.6 Å². The zero-order chi connectivity index (χ0) is 14.0. The van der Waals surface area contributed by atoms with Gasteiger partial charge < -0.3 is 5.11 Å². The van der Waals surface area contributed by atoms with Gasteiger partial charge in [-0.05, 0) is 29.2 Å². The Morgan fingerprint density at radius 1 is 1.00 bits per heavy atom. The molecule has 0 spiro atoms. The Labute approximate surface area is 121 Å². The molecule has 1 atom stereocenters. The minimum atomic E-state index is -0.961. The van der Waals surface area contributed by atoms with Gasteiger partial charge in [-0.25, -0.2) is 4.39 Å². The Hall–Kier alpha value is -1.19. The number of rotatable bonds is 3. The molecule has 100 valence electrons. The smallest absolute Gasteiger partial charge is 0.130 e. The number of halogens is 2. The highest BCUT2D eigenvalue weighted by Gasteiger charge is 2.18. The van der Waals surface area contributed by atoms with E-state index in [1.807, 2.05) is 24.3 Å². The molecule has 0 saturated heterocycles. The SMILES string of the molecule is CC(C)c1ccc(C(O)c2c(F)cccc2Br)cc1. The van der Waals surface area contributed by atoms with Gasteiger partial charge in [0.2, 0.25) is 0 Å². The van der Waals surface area contributed by atoms with Crippen molar-refractivity contribution in [2.75, 3.05) is 0 Å². The van der Waals surface area contributed by atoms with Gasteiger partial charge in [-0.2, -0.15) is 0 Å². The fourth-order valence-corrected chi connectivity index (χ4v) is 2.56. The van der Waals surface area contributed by atoms with Crippen LogP contribution in [0, 0.1) is 5.82 Å². The Kier molecular flexibility index (Phi) is 4.38. The number of benzene rings is 2. The lowest BCUT2D eigenvalue weighted by molar-refractivity contribution is 0.214. The molecule has 0 aliphatic carbocycles. The number of aliphatic hydroxyl groups is 1. The van der Waals surface area contributed by atoms with Crippen LogP contribution >= 0.6 is 15.9 Å². The van der Waals surface area contributed by atoms with Crippen molar-refractivity contribution in [2.45, 2.75) is 25.9 Å². The van der Waals surface area contributed by atoms with Gasteiger partial charge >= 0.3 is 0 Å². The summed E-state index contributed by atoms with van der Waals surface area (Å²) in [7, 11) is 0. The molecule has 0 saturated carbocycles. The Morgan fingerprint density at radius 3 is 2.11 bits per heavy atom. The van der Waals surface area contributed by atoms with E-state index < -0.39 is 11.9 Å². The predicted octanol–water partition coefficient (Wildman–Crippen LogP) is 4.79. The summed E-state index contributed by atoms with van der Waals surface area (Å²) in [5.41, 5.74) is 2.17.